The van der Waals surface area contributed by atoms with Crippen LogP contribution in [0.2, 0.25) is 0 Å². The topological polar surface area (TPSA) is 38.3 Å². The zero-order chi connectivity index (χ0) is 11.5. The van der Waals surface area contributed by atoms with Crippen molar-refractivity contribution < 1.29 is 9.53 Å². The van der Waals surface area contributed by atoms with E-state index in [0.717, 1.165) is 12.8 Å². The van der Waals surface area contributed by atoms with E-state index in [0.29, 0.717) is 18.4 Å². The summed E-state index contributed by atoms with van der Waals surface area (Å²) < 4.78 is 5.17. The molecule has 0 heterocycles. The zero-order valence-corrected chi connectivity index (χ0v) is 10.3. The van der Waals surface area contributed by atoms with Crippen molar-refractivity contribution in [2.24, 2.45) is 11.8 Å². The lowest BCUT2D eigenvalue weighted by Gasteiger charge is -2.40. The molecule has 0 radical (unpaired) electrons. The normalized spacial score (nSPS) is 36.3. The molecule has 88 valence electrons. The standard InChI is InChI=1S/C12H23NO2/c1-5-15-11(14)12(13-4)7-9(2)6-10(3)8-12/h9-10,13H,5-8H2,1-4H3. The maximum Gasteiger partial charge on any atom is 0.326 e. The van der Waals surface area contributed by atoms with E-state index in [1.807, 2.05) is 14.0 Å². The first-order valence-electron chi connectivity index (χ1n) is 5.90. The maximum absolute atomic E-state index is 12.0. The summed E-state index contributed by atoms with van der Waals surface area (Å²) in [6, 6.07) is 0. The Morgan fingerprint density at radius 3 is 2.33 bits per heavy atom. The van der Waals surface area contributed by atoms with Gasteiger partial charge in [-0.3, -0.25) is 4.79 Å². The molecule has 1 rings (SSSR count). The highest BCUT2D eigenvalue weighted by molar-refractivity contribution is 5.81. The molecule has 3 nitrogen and oxygen atoms in total. The number of carbonyl (C=O) groups excluding carboxylic acids is 1. The van der Waals surface area contributed by atoms with Crippen molar-refractivity contribution in [1.82, 2.24) is 5.32 Å². The highest BCUT2D eigenvalue weighted by Gasteiger charge is 2.43. The van der Waals surface area contributed by atoms with Crippen molar-refractivity contribution in [3.8, 4) is 0 Å². The molecule has 0 aliphatic heterocycles. The molecule has 1 fully saturated rings. The van der Waals surface area contributed by atoms with Crippen LogP contribution < -0.4 is 5.32 Å². The lowest BCUT2D eigenvalue weighted by atomic mass is 9.71. The number of hydrogen-bond donors (Lipinski definition) is 1. The van der Waals surface area contributed by atoms with E-state index in [-0.39, 0.29) is 5.97 Å². The van der Waals surface area contributed by atoms with Crippen LogP contribution in [0, 0.1) is 11.8 Å². The number of carbonyl (C=O) groups is 1. The van der Waals surface area contributed by atoms with Gasteiger partial charge in [-0.05, 0) is 45.1 Å². The summed E-state index contributed by atoms with van der Waals surface area (Å²) >= 11 is 0. The summed E-state index contributed by atoms with van der Waals surface area (Å²) in [4.78, 5) is 12.0. The minimum atomic E-state index is -0.437. The van der Waals surface area contributed by atoms with Gasteiger partial charge < -0.3 is 10.1 Å². The first-order valence-corrected chi connectivity index (χ1v) is 5.90. The summed E-state index contributed by atoms with van der Waals surface area (Å²) in [5.41, 5.74) is -0.437. The Labute approximate surface area is 92.6 Å². The first-order chi connectivity index (χ1) is 7.04. The highest BCUT2D eigenvalue weighted by atomic mass is 16.5. The Hall–Kier alpha value is -0.570. The zero-order valence-electron chi connectivity index (χ0n) is 10.3. The van der Waals surface area contributed by atoms with Crippen LogP contribution in [0.15, 0.2) is 0 Å². The van der Waals surface area contributed by atoms with Crippen LogP contribution in [0.4, 0.5) is 0 Å². The number of likely N-dealkylation sites (N-methyl/N-ethyl adjacent to an activating group) is 1. The molecule has 3 heteroatoms. The van der Waals surface area contributed by atoms with Crippen molar-refractivity contribution in [3.63, 3.8) is 0 Å². The number of hydrogen-bond acceptors (Lipinski definition) is 3. The molecule has 0 aromatic rings. The molecule has 0 amide bonds. The van der Waals surface area contributed by atoms with Crippen molar-refractivity contribution in [2.45, 2.75) is 45.6 Å². The van der Waals surface area contributed by atoms with E-state index in [9.17, 15) is 4.79 Å². The monoisotopic (exact) mass is 213 g/mol. The van der Waals surface area contributed by atoms with Gasteiger partial charge in [-0.2, -0.15) is 0 Å². The van der Waals surface area contributed by atoms with Crippen LogP contribution in [0.5, 0.6) is 0 Å². The molecule has 1 saturated carbocycles. The fourth-order valence-corrected chi connectivity index (χ4v) is 2.87. The van der Waals surface area contributed by atoms with Crippen molar-refractivity contribution in [2.75, 3.05) is 13.7 Å². The Balaban J connectivity index is 2.78. The molecule has 0 spiro atoms. The Morgan fingerprint density at radius 2 is 1.93 bits per heavy atom. The predicted molar refractivity (Wildman–Crippen MR) is 60.6 cm³/mol. The molecular formula is C12H23NO2. The van der Waals surface area contributed by atoms with Crippen LogP contribution in [0.1, 0.15) is 40.0 Å². The van der Waals surface area contributed by atoms with E-state index in [4.69, 9.17) is 4.74 Å². The molecule has 2 unspecified atom stereocenters. The fraction of sp³-hybridized carbons (Fsp3) is 0.917. The van der Waals surface area contributed by atoms with E-state index >= 15 is 0 Å². The van der Waals surface area contributed by atoms with Gasteiger partial charge >= 0.3 is 5.97 Å². The fourth-order valence-electron chi connectivity index (χ4n) is 2.87. The molecule has 2 atom stereocenters. The van der Waals surface area contributed by atoms with Gasteiger partial charge in [0.05, 0.1) is 6.61 Å². The number of ether oxygens (including phenoxy) is 1. The van der Waals surface area contributed by atoms with Gasteiger partial charge in [-0.1, -0.05) is 13.8 Å². The maximum atomic E-state index is 12.0. The lowest BCUT2D eigenvalue weighted by molar-refractivity contribution is -0.154. The third-order valence-electron chi connectivity index (χ3n) is 3.34. The highest BCUT2D eigenvalue weighted by Crippen LogP contribution is 2.36. The van der Waals surface area contributed by atoms with Gasteiger partial charge in [0.25, 0.3) is 0 Å². The van der Waals surface area contributed by atoms with Gasteiger partial charge in [0.15, 0.2) is 0 Å². The average molecular weight is 213 g/mol. The minimum Gasteiger partial charge on any atom is -0.465 e. The van der Waals surface area contributed by atoms with E-state index in [1.54, 1.807) is 0 Å². The molecule has 1 aliphatic rings. The molecule has 1 aliphatic carbocycles. The van der Waals surface area contributed by atoms with Crippen LogP contribution in [0.3, 0.4) is 0 Å². The second-order valence-corrected chi connectivity index (χ2v) is 4.91. The van der Waals surface area contributed by atoms with Gasteiger partial charge in [0.1, 0.15) is 5.54 Å². The van der Waals surface area contributed by atoms with Crippen LogP contribution in [0.25, 0.3) is 0 Å². The number of rotatable bonds is 3. The first kappa shape index (κ1) is 12.5. The van der Waals surface area contributed by atoms with E-state index in [2.05, 4.69) is 19.2 Å². The smallest absolute Gasteiger partial charge is 0.326 e. The third-order valence-corrected chi connectivity index (χ3v) is 3.34. The average Bonchev–Trinajstić information content (AvgIpc) is 2.16. The van der Waals surface area contributed by atoms with Crippen molar-refractivity contribution in [3.05, 3.63) is 0 Å². The molecule has 1 N–H and O–H groups in total. The second kappa shape index (κ2) is 4.97. The SMILES string of the molecule is CCOC(=O)C1(NC)CC(C)CC(C)C1. The summed E-state index contributed by atoms with van der Waals surface area (Å²) in [6.45, 7) is 6.74. The van der Waals surface area contributed by atoms with Gasteiger partial charge in [0, 0.05) is 0 Å². The summed E-state index contributed by atoms with van der Waals surface area (Å²) in [6.07, 6.45) is 3.00. The Bertz CT molecular complexity index is 218. The van der Waals surface area contributed by atoms with Crippen LogP contribution in [-0.2, 0) is 9.53 Å². The molecule has 0 saturated heterocycles. The third kappa shape index (κ3) is 2.71. The van der Waals surface area contributed by atoms with Crippen molar-refractivity contribution >= 4 is 5.97 Å². The minimum absolute atomic E-state index is 0.0779. The quantitative estimate of drug-likeness (QED) is 0.728. The summed E-state index contributed by atoms with van der Waals surface area (Å²) in [5, 5.41) is 3.19. The van der Waals surface area contributed by atoms with Gasteiger partial charge in [0.2, 0.25) is 0 Å². The Morgan fingerprint density at radius 1 is 1.40 bits per heavy atom. The van der Waals surface area contributed by atoms with Crippen LogP contribution >= 0.6 is 0 Å². The number of esters is 1. The summed E-state index contributed by atoms with van der Waals surface area (Å²) in [7, 11) is 1.86. The molecule has 0 bridgehead atoms. The predicted octanol–water partition coefficient (Wildman–Crippen LogP) is 1.96. The second-order valence-electron chi connectivity index (χ2n) is 4.91. The van der Waals surface area contributed by atoms with Crippen LogP contribution in [-0.4, -0.2) is 25.2 Å². The van der Waals surface area contributed by atoms with Gasteiger partial charge in [-0.15, -0.1) is 0 Å². The van der Waals surface area contributed by atoms with E-state index < -0.39 is 5.54 Å². The Kier molecular flexibility index (Phi) is 4.14. The number of nitrogens with one attached hydrogen (secondary N) is 1. The van der Waals surface area contributed by atoms with E-state index in [1.165, 1.54) is 6.42 Å². The molecule has 0 aromatic heterocycles. The summed E-state index contributed by atoms with van der Waals surface area (Å²) in [5.74, 6) is 1.10. The lowest BCUT2D eigenvalue weighted by Crippen LogP contribution is -2.55. The largest absolute Gasteiger partial charge is 0.465 e. The van der Waals surface area contributed by atoms with Gasteiger partial charge in [-0.25, -0.2) is 0 Å². The molecule has 0 aromatic carbocycles. The molecular weight excluding hydrogens is 190 g/mol. The molecule has 15 heavy (non-hydrogen) atoms. The van der Waals surface area contributed by atoms with Crippen molar-refractivity contribution in [1.29, 1.82) is 0 Å².